The highest BCUT2D eigenvalue weighted by Crippen LogP contribution is 2.03. The van der Waals surface area contributed by atoms with Crippen molar-refractivity contribution in [3.63, 3.8) is 0 Å². The van der Waals surface area contributed by atoms with Crippen LogP contribution in [0, 0.1) is 0 Å². The Balaban J connectivity index is 3.30. The number of unbranched alkanes of at least 4 members (excludes halogenated alkanes) is 3. The molecule has 0 saturated heterocycles. The summed E-state index contributed by atoms with van der Waals surface area (Å²) in [5, 5.41) is 0. The molecule has 2 heteroatoms. The van der Waals surface area contributed by atoms with E-state index in [1.807, 2.05) is 0 Å². The van der Waals surface area contributed by atoms with Crippen LogP contribution in [-0.4, -0.2) is 30.3 Å². The second kappa shape index (κ2) is 11.4. The molecule has 0 rings (SSSR count). The minimum Gasteiger partial charge on any atom is -0.303 e. The molecule has 0 saturated carbocycles. The molecule has 0 aromatic carbocycles. The van der Waals surface area contributed by atoms with E-state index in [-0.39, 0.29) is 0 Å². The Hall–Kier alpha value is 0.310. The van der Waals surface area contributed by atoms with Gasteiger partial charge in [-0.1, -0.05) is 26.7 Å². The fourth-order valence-corrected chi connectivity index (χ4v) is 1.99. The van der Waals surface area contributed by atoms with Crippen LogP contribution in [0.15, 0.2) is 0 Å². The minimum atomic E-state index is 1.05. The average molecular weight is 217 g/mol. The standard InChI is InChI=1S/C12H27NS/c1-3-9-13(10-4-2)11-7-5-6-8-12-14/h14H,3-12H2,1-2H3. The van der Waals surface area contributed by atoms with Gasteiger partial charge >= 0.3 is 0 Å². The Morgan fingerprint density at radius 1 is 0.786 bits per heavy atom. The smallest absolute Gasteiger partial charge is 0.00187 e. The molecule has 0 aliphatic rings. The lowest BCUT2D eigenvalue weighted by Crippen LogP contribution is -2.26. The molecule has 0 spiro atoms. The summed E-state index contributed by atoms with van der Waals surface area (Å²) in [5.41, 5.74) is 0. The summed E-state index contributed by atoms with van der Waals surface area (Å²) in [4.78, 5) is 2.60. The van der Waals surface area contributed by atoms with E-state index >= 15 is 0 Å². The fraction of sp³-hybridized carbons (Fsp3) is 1.00. The zero-order valence-electron chi connectivity index (χ0n) is 9.97. The van der Waals surface area contributed by atoms with E-state index in [4.69, 9.17) is 0 Å². The number of nitrogens with zero attached hydrogens (tertiary/aromatic N) is 1. The van der Waals surface area contributed by atoms with E-state index in [0.29, 0.717) is 0 Å². The molecule has 86 valence electrons. The van der Waals surface area contributed by atoms with Crippen molar-refractivity contribution in [2.24, 2.45) is 0 Å². The summed E-state index contributed by atoms with van der Waals surface area (Å²) < 4.78 is 0. The van der Waals surface area contributed by atoms with Crippen molar-refractivity contribution in [1.29, 1.82) is 0 Å². The Bertz CT molecular complexity index is 100. The summed E-state index contributed by atoms with van der Waals surface area (Å²) in [7, 11) is 0. The number of hydrogen-bond acceptors (Lipinski definition) is 2. The molecule has 0 N–H and O–H groups in total. The first-order chi connectivity index (χ1) is 6.85. The van der Waals surface area contributed by atoms with Crippen LogP contribution < -0.4 is 0 Å². The molecule has 0 aliphatic carbocycles. The second-order valence-electron chi connectivity index (χ2n) is 3.98. The number of rotatable bonds is 10. The summed E-state index contributed by atoms with van der Waals surface area (Å²) in [6.45, 7) is 8.39. The van der Waals surface area contributed by atoms with Gasteiger partial charge in [0.2, 0.25) is 0 Å². The van der Waals surface area contributed by atoms with E-state index in [2.05, 4.69) is 31.4 Å². The van der Waals surface area contributed by atoms with Gasteiger partial charge in [0.05, 0.1) is 0 Å². The van der Waals surface area contributed by atoms with Gasteiger partial charge in [-0.3, -0.25) is 0 Å². The van der Waals surface area contributed by atoms with E-state index in [1.165, 1.54) is 58.2 Å². The normalized spacial score (nSPS) is 11.1. The van der Waals surface area contributed by atoms with Crippen molar-refractivity contribution in [2.45, 2.75) is 52.4 Å². The summed E-state index contributed by atoms with van der Waals surface area (Å²) in [6.07, 6.45) is 7.96. The summed E-state index contributed by atoms with van der Waals surface area (Å²) >= 11 is 4.22. The van der Waals surface area contributed by atoms with Gasteiger partial charge in [0.1, 0.15) is 0 Å². The zero-order chi connectivity index (χ0) is 10.6. The highest BCUT2D eigenvalue weighted by Gasteiger charge is 2.00. The third-order valence-corrected chi connectivity index (χ3v) is 2.78. The van der Waals surface area contributed by atoms with Crippen molar-refractivity contribution in [3.05, 3.63) is 0 Å². The van der Waals surface area contributed by atoms with Crippen LogP contribution in [-0.2, 0) is 0 Å². The monoisotopic (exact) mass is 217 g/mol. The first-order valence-electron chi connectivity index (χ1n) is 6.18. The third kappa shape index (κ3) is 8.89. The lowest BCUT2D eigenvalue weighted by Gasteiger charge is -2.20. The quantitative estimate of drug-likeness (QED) is 0.432. The third-order valence-electron chi connectivity index (χ3n) is 2.46. The van der Waals surface area contributed by atoms with Gasteiger partial charge in [0.15, 0.2) is 0 Å². The molecule has 0 atom stereocenters. The van der Waals surface area contributed by atoms with Crippen LogP contribution >= 0.6 is 12.6 Å². The van der Waals surface area contributed by atoms with Gasteiger partial charge in [-0.15, -0.1) is 0 Å². The van der Waals surface area contributed by atoms with Gasteiger partial charge in [-0.25, -0.2) is 0 Å². The molecule has 0 heterocycles. The summed E-state index contributed by atoms with van der Waals surface area (Å²) in [6, 6.07) is 0. The average Bonchev–Trinajstić information content (AvgIpc) is 2.18. The predicted molar refractivity (Wildman–Crippen MR) is 69.3 cm³/mol. The minimum absolute atomic E-state index is 1.05. The second-order valence-corrected chi connectivity index (χ2v) is 4.43. The molecular formula is C12H27NS. The molecule has 0 aromatic heterocycles. The van der Waals surface area contributed by atoms with Crippen LogP contribution in [0.3, 0.4) is 0 Å². The molecule has 0 aliphatic heterocycles. The van der Waals surface area contributed by atoms with E-state index in [0.717, 1.165) is 5.75 Å². The van der Waals surface area contributed by atoms with Crippen molar-refractivity contribution < 1.29 is 0 Å². The predicted octanol–water partition coefficient (Wildman–Crippen LogP) is 3.60. The van der Waals surface area contributed by atoms with Crippen molar-refractivity contribution in [1.82, 2.24) is 4.90 Å². The molecule has 1 nitrogen and oxygen atoms in total. The molecule has 0 fully saturated rings. The van der Waals surface area contributed by atoms with Crippen LogP contribution in [0.2, 0.25) is 0 Å². The highest BCUT2D eigenvalue weighted by molar-refractivity contribution is 7.80. The first-order valence-corrected chi connectivity index (χ1v) is 6.81. The molecule has 0 amide bonds. The van der Waals surface area contributed by atoms with Gasteiger partial charge < -0.3 is 4.90 Å². The maximum absolute atomic E-state index is 4.22. The SMILES string of the molecule is CCCN(CCC)CCCCCCS. The van der Waals surface area contributed by atoms with E-state index < -0.39 is 0 Å². The molecule has 0 unspecified atom stereocenters. The Labute approximate surface area is 95.7 Å². The van der Waals surface area contributed by atoms with E-state index in [9.17, 15) is 0 Å². The maximum Gasteiger partial charge on any atom is -0.00187 e. The van der Waals surface area contributed by atoms with E-state index in [1.54, 1.807) is 0 Å². The van der Waals surface area contributed by atoms with Gasteiger partial charge in [-0.05, 0) is 51.1 Å². The van der Waals surface area contributed by atoms with Gasteiger partial charge in [-0.2, -0.15) is 12.6 Å². The Kier molecular flexibility index (Phi) is 11.6. The van der Waals surface area contributed by atoms with Crippen LogP contribution in [0.5, 0.6) is 0 Å². The fourth-order valence-electron chi connectivity index (χ4n) is 1.77. The highest BCUT2D eigenvalue weighted by atomic mass is 32.1. The molecule has 0 radical (unpaired) electrons. The van der Waals surface area contributed by atoms with Crippen molar-refractivity contribution in [2.75, 3.05) is 25.4 Å². The largest absolute Gasteiger partial charge is 0.303 e. The first kappa shape index (κ1) is 14.3. The molecule has 14 heavy (non-hydrogen) atoms. The number of thiol groups is 1. The van der Waals surface area contributed by atoms with Crippen molar-refractivity contribution >= 4 is 12.6 Å². The van der Waals surface area contributed by atoms with Gasteiger partial charge in [0.25, 0.3) is 0 Å². The van der Waals surface area contributed by atoms with Crippen molar-refractivity contribution in [3.8, 4) is 0 Å². The molecular weight excluding hydrogens is 190 g/mol. The molecule has 0 aromatic rings. The Morgan fingerprint density at radius 3 is 1.86 bits per heavy atom. The Morgan fingerprint density at radius 2 is 1.36 bits per heavy atom. The van der Waals surface area contributed by atoms with Crippen LogP contribution in [0.4, 0.5) is 0 Å². The van der Waals surface area contributed by atoms with Crippen LogP contribution in [0.25, 0.3) is 0 Å². The van der Waals surface area contributed by atoms with Gasteiger partial charge in [0, 0.05) is 0 Å². The summed E-state index contributed by atoms with van der Waals surface area (Å²) in [5.74, 6) is 1.05. The zero-order valence-corrected chi connectivity index (χ0v) is 10.9. The molecule has 0 bridgehead atoms. The van der Waals surface area contributed by atoms with Crippen LogP contribution in [0.1, 0.15) is 52.4 Å². The topological polar surface area (TPSA) is 3.24 Å². The lowest BCUT2D eigenvalue weighted by atomic mass is 10.2. The maximum atomic E-state index is 4.22. The lowest BCUT2D eigenvalue weighted by molar-refractivity contribution is 0.268. The number of hydrogen-bond donors (Lipinski definition) is 1.